The van der Waals surface area contributed by atoms with Gasteiger partial charge in [0.05, 0.1) is 22.6 Å². The van der Waals surface area contributed by atoms with Crippen LogP contribution in [0.1, 0.15) is 22.5 Å². The number of benzene rings is 1. The fourth-order valence-electron chi connectivity index (χ4n) is 2.74. The Morgan fingerprint density at radius 1 is 1.36 bits per heavy atom. The summed E-state index contributed by atoms with van der Waals surface area (Å²) in [5.41, 5.74) is 2.39. The molecule has 2 aromatic rings. The minimum Gasteiger partial charge on any atom is -0.478 e. The van der Waals surface area contributed by atoms with Crippen molar-refractivity contribution in [2.45, 2.75) is 19.4 Å². The molecule has 3 rings (SSSR count). The zero-order chi connectivity index (χ0) is 15.9. The van der Waals surface area contributed by atoms with Crippen molar-refractivity contribution in [1.29, 1.82) is 0 Å². The highest BCUT2D eigenvalue weighted by Gasteiger charge is 2.28. The number of carboxylic acid groups (broad SMARTS) is 1. The fourth-order valence-corrected chi connectivity index (χ4v) is 4.41. The Hall–Kier alpha value is -2.15. The number of hydrogen-bond acceptors (Lipinski definition) is 5. The van der Waals surface area contributed by atoms with Crippen molar-refractivity contribution in [3.05, 3.63) is 35.5 Å². The van der Waals surface area contributed by atoms with E-state index in [4.69, 9.17) is 5.11 Å². The second-order valence-electron chi connectivity index (χ2n) is 5.59. The lowest BCUT2D eigenvalue weighted by molar-refractivity contribution is 0.0697. The molecule has 0 spiro atoms. The van der Waals surface area contributed by atoms with Gasteiger partial charge in [0.1, 0.15) is 0 Å². The molecule has 0 bridgehead atoms. The van der Waals surface area contributed by atoms with Gasteiger partial charge in [-0.15, -0.1) is 0 Å². The first kappa shape index (κ1) is 14.8. The first-order chi connectivity index (χ1) is 10.3. The van der Waals surface area contributed by atoms with Crippen LogP contribution < -0.4 is 5.32 Å². The zero-order valence-corrected chi connectivity index (χ0v) is 12.9. The predicted octanol–water partition coefficient (Wildman–Crippen LogP) is 1.84. The van der Waals surface area contributed by atoms with Crippen molar-refractivity contribution in [2.75, 3.05) is 16.8 Å². The van der Waals surface area contributed by atoms with Crippen LogP contribution in [-0.2, 0) is 9.84 Å². The lowest BCUT2D eigenvalue weighted by atomic mass is 10.1. The molecule has 0 amide bonds. The van der Waals surface area contributed by atoms with Gasteiger partial charge in [0.25, 0.3) is 0 Å². The van der Waals surface area contributed by atoms with Crippen molar-refractivity contribution in [2.24, 2.45) is 0 Å². The van der Waals surface area contributed by atoms with Crippen LogP contribution in [0.3, 0.4) is 0 Å². The van der Waals surface area contributed by atoms with Gasteiger partial charge in [-0.1, -0.05) is 0 Å². The van der Waals surface area contributed by atoms with Crippen molar-refractivity contribution in [1.82, 2.24) is 4.98 Å². The van der Waals surface area contributed by atoms with Crippen LogP contribution in [0.2, 0.25) is 0 Å². The second-order valence-corrected chi connectivity index (χ2v) is 7.82. The highest BCUT2D eigenvalue weighted by atomic mass is 32.2. The molecule has 0 aliphatic carbocycles. The number of aryl methyl sites for hydroxylation is 1. The molecule has 1 saturated heterocycles. The molecule has 22 heavy (non-hydrogen) atoms. The monoisotopic (exact) mass is 320 g/mol. The number of hydrogen-bond donors (Lipinski definition) is 2. The van der Waals surface area contributed by atoms with E-state index < -0.39 is 15.8 Å². The summed E-state index contributed by atoms with van der Waals surface area (Å²) in [7, 11) is -2.97. The van der Waals surface area contributed by atoms with E-state index in [9.17, 15) is 13.2 Å². The van der Waals surface area contributed by atoms with E-state index in [-0.39, 0.29) is 23.1 Å². The van der Waals surface area contributed by atoms with Crippen LogP contribution in [0, 0.1) is 6.92 Å². The second kappa shape index (κ2) is 5.24. The van der Waals surface area contributed by atoms with E-state index in [2.05, 4.69) is 10.3 Å². The molecule has 116 valence electrons. The third-order valence-corrected chi connectivity index (χ3v) is 5.54. The maximum Gasteiger partial charge on any atom is 0.335 e. The number of anilines is 1. The largest absolute Gasteiger partial charge is 0.478 e. The molecule has 6 nitrogen and oxygen atoms in total. The summed E-state index contributed by atoms with van der Waals surface area (Å²) in [6.45, 7) is 1.85. The van der Waals surface area contributed by atoms with Gasteiger partial charge in [-0.25, -0.2) is 13.2 Å². The maximum atomic E-state index is 11.6. The molecule has 0 radical (unpaired) electrons. The molecular formula is C15H16N2O4S. The summed E-state index contributed by atoms with van der Waals surface area (Å²) in [5.74, 6) is -0.710. The molecule has 1 atom stereocenters. The number of sulfone groups is 1. The summed E-state index contributed by atoms with van der Waals surface area (Å²) in [6.07, 6.45) is 0.559. The Bertz CT molecular complexity index is 861. The van der Waals surface area contributed by atoms with Crippen LogP contribution in [0.4, 0.5) is 5.69 Å². The number of pyridine rings is 1. The Morgan fingerprint density at radius 2 is 2.14 bits per heavy atom. The van der Waals surface area contributed by atoms with E-state index in [1.54, 1.807) is 12.1 Å². The number of fused-ring (bicyclic) bond motifs is 1. The Balaban J connectivity index is 2.03. The summed E-state index contributed by atoms with van der Waals surface area (Å²) in [5, 5.41) is 13.0. The minimum atomic E-state index is -2.97. The topological polar surface area (TPSA) is 96.4 Å². The molecule has 1 aliphatic heterocycles. The standard InChI is InChI=1S/C15H16N2O4S/c1-9-6-14(17-11-4-5-22(20,21)8-11)12-7-10(15(18)19)2-3-13(12)16-9/h2-3,6-7,11H,4-5,8H2,1H3,(H,16,17)(H,18,19)/t11-/m1/s1. The van der Waals surface area contributed by atoms with Gasteiger partial charge in [-0.2, -0.15) is 0 Å². The van der Waals surface area contributed by atoms with E-state index >= 15 is 0 Å². The van der Waals surface area contributed by atoms with Crippen molar-refractivity contribution in [3.63, 3.8) is 0 Å². The maximum absolute atomic E-state index is 11.6. The number of aromatic carboxylic acids is 1. The van der Waals surface area contributed by atoms with E-state index in [1.165, 1.54) is 6.07 Å². The smallest absolute Gasteiger partial charge is 0.335 e. The molecule has 0 unspecified atom stereocenters. The molecule has 0 saturated carbocycles. The lowest BCUT2D eigenvalue weighted by Crippen LogP contribution is -2.20. The summed E-state index contributed by atoms with van der Waals surface area (Å²) >= 11 is 0. The summed E-state index contributed by atoms with van der Waals surface area (Å²) < 4.78 is 23.2. The SMILES string of the molecule is Cc1cc(N[C@@H]2CCS(=O)(=O)C2)c2cc(C(=O)O)ccc2n1. The van der Waals surface area contributed by atoms with Crippen LogP contribution in [-0.4, -0.2) is 42.0 Å². The third-order valence-electron chi connectivity index (χ3n) is 3.78. The van der Waals surface area contributed by atoms with E-state index in [1.807, 2.05) is 13.0 Å². The first-order valence-electron chi connectivity index (χ1n) is 6.96. The van der Waals surface area contributed by atoms with Gasteiger partial charge in [0.15, 0.2) is 9.84 Å². The van der Waals surface area contributed by atoms with Crippen molar-refractivity contribution in [3.8, 4) is 0 Å². The van der Waals surface area contributed by atoms with Crippen LogP contribution in [0.5, 0.6) is 0 Å². The summed E-state index contributed by atoms with van der Waals surface area (Å²) in [6, 6.07) is 6.42. The number of rotatable bonds is 3. The fraction of sp³-hybridized carbons (Fsp3) is 0.333. The van der Waals surface area contributed by atoms with Gasteiger partial charge in [-0.05, 0) is 37.6 Å². The Labute approximate surface area is 128 Å². The molecule has 2 N–H and O–H groups in total. The van der Waals surface area contributed by atoms with Gasteiger partial charge < -0.3 is 10.4 Å². The van der Waals surface area contributed by atoms with Crippen molar-refractivity contribution < 1.29 is 18.3 Å². The first-order valence-corrected chi connectivity index (χ1v) is 8.78. The van der Waals surface area contributed by atoms with Gasteiger partial charge in [-0.3, -0.25) is 4.98 Å². The molecule has 1 aliphatic rings. The Kier molecular flexibility index (Phi) is 3.52. The molecule has 1 fully saturated rings. The van der Waals surface area contributed by atoms with Crippen molar-refractivity contribution >= 4 is 32.4 Å². The minimum absolute atomic E-state index is 0.106. The van der Waals surface area contributed by atoms with E-state index in [0.717, 1.165) is 11.4 Å². The lowest BCUT2D eigenvalue weighted by Gasteiger charge is -2.15. The number of carbonyl (C=O) groups is 1. The average molecular weight is 320 g/mol. The van der Waals surface area contributed by atoms with Gasteiger partial charge in [0, 0.05) is 22.8 Å². The zero-order valence-electron chi connectivity index (χ0n) is 12.0. The highest BCUT2D eigenvalue weighted by molar-refractivity contribution is 7.91. The number of nitrogens with zero attached hydrogens (tertiary/aromatic N) is 1. The van der Waals surface area contributed by atoms with E-state index in [0.29, 0.717) is 17.3 Å². The predicted molar refractivity (Wildman–Crippen MR) is 84.1 cm³/mol. The number of aromatic nitrogens is 1. The van der Waals surface area contributed by atoms with Crippen LogP contribution >= 0.6 is 0 Å². The highest BCUT2D eigenvalue weighted by Crippen LogP contribution is 2.27. The summed E-state index contributed by atoms with van der Waals surface area (Å²) in [4.78, 5) is 15.5. The molecule has 1 aromatic carbocycles. The molecule has 1 aromatic heterocycles. The normalized spacial score (nSPS) is 20.1. The Morgan fingerprint density at radius 3 is 2.77 bits per heavy atom. The molecular weight excluding hydrogens is 304 g/mol. The average Bonchev–Trinajstić information content (AvgIpc) is 2.77. The van der Waals surface area contributed by atoms with Crippen LogP contribution in [0.25, 0.3) is 10.9 Å². The molecule has 7 heteroatoms. The van der Waals surface area contributed by atoms with Gasteiger partial charge in [0.2, 0.25) is 0 Å². The number of carboxylic acids is 1. The molecule has 2 heterocycles. The number of nitrogens with one attached hydrogen (secondary N) is 1. The third kappa shape index (κ3) is 2.89. The van der Waals surface area contributed by atoms with Gasteiger partial charge >= 0.3 is 5.97 Å². The van der Waals surface area contributed by atoms with Crippen LogP contribution in [0.15, 0.2) is 24.3 Å². The quantitative estimate of drug-likeness (QED) is 0.896.